The number of amides is 1. The molecule has 3 heterocycles. The number of H-pyrrole nitrogens is 1. The van der Waals surface area contributed by atoms with Gasteiger partial charge in [0.05, 0.1) is 18.0 Å². The van der Waals surface area contributed by atoms with E-state index in [0.29, 0.717) is 42.5 Å². The van der Waals surface area contributed by atoms with Crippen LogP contribution in [0, 0.1) is 0 Å². The van der Waals surface area contributed by atoms with Gasteiger partial charge >= 0.3 is 0 Å². The summed E-state index contributed by atoms with van der Waals surface area (Å²) in [5.41, 5.74) is 2.59. The Morgan fingerprint density at radius 2 is 2.15 bits per heavy atom. The number of methoxy groups -OCH3 is 1. The van der Waals surface area contributed by atoms with Gasteiger partial charge in [-0.2, -0.15) is 0 Å². The lowest BCUT2D eigenvalue weighted by atomic mass is 10.0. The minimum atomic E-state index is -0.203. The fourth-order valence-electron chi connectivity index (χ4n) is 3.41. The summed E-state index contributed by atoms with van der Waals surface area (Å²) in [5.74, 6) is -0.0238. The maximum atomic E-state index is 12.6. The van der Waals surface area contributed by atoms with Crippen molar-refractivity contribution in [3.8, 4) is 11.3 Å². The Labute approximate surface area is 160 Å². The number of hydrogen-bond donors (Lipinski definition) is 1. The lowest BCUT2D eigenvalue weighted by molar-refractivity contribution is -0.128. The van der Waals surface area contributed by atoms with E-state index in [1.165, 1.54) is 10.6 Å². The van der Waals surface area contributed by atoms with Crippen LogP contribution in [0.2, 0.25) is 5.02 Å². The van der Waals surface area contributed by atoms with Gasteiger partial charge in [-0.25, -0.2) is 9.50 Å². The molecule has 1 saturated heterocycles. The molecular weight excluding hydrogens is 368 g/mol. The van der Waals surface area contributed by atoms with Gasteiger partial charge in [0.1, 0.15) is 0 Å². The van der Waals surface area contributed by atoms with Gasteiger partial charge in [0.25, 0.3) is 5.56 Å². The SMILES string of the molecule is COCCN1C[C@@H](c2cc(=O)n3[nH]c(-c4cccc(Cl)c4)cc3n2)CC1=O. The molecule has 1 aliphatic rings. The molecule has 0 unspecified atom stereocenters. The second-order valence-electron chi connectivity index (χ2n) is 6.63. The number of nitrogens with one attached hydrogen (secondary N) is 1. The Morgan fingerprint density at radius 3 is 2.93 bits per heavy atom. The summed E-state index contributed by atoms with van der Waals surface area (Å²) in [6.07, 6.45) is 0.359. The number of halogens is 1. The topological polar surface area (TPSA) is 79.7 Å². The number of fused-ring (bicyclic) bond motifs is 1. The first-order chi connectivity index (χ1) is 13.0. The fraction of sp³-hybridized carbons (Fsp3) is 0.316. The summed E-state index contributed by atoms with van der Waals surface area (Å²) in [6, 6.07) is 10.7. The molecule has 3 aromatic rings. The molecule has 7 nitrogen and oxygen atoms in total. The van der Waals surface area contributed by atoms with Crippen LogP contribution in [0.25, 0.3) is 16.9 Å². The van der Waals surface area contributed by atoms with Crippen LogP contribution >= 0.6 is 11.6 Å². The van der Waals surface area contributed by atoms with Gasteiger partial charge < -0.3 is 9.64 Å². The standard InChI is InChI=1S/C19H19ClN4O3/c1-27-6-5-23-11-13(8-18(23)25)15-10-19(26)24-17(21-15)9-16(22-24)12-3-2-4-14(20)7-12/h2-4,7,9-10,13,22H,5-6,8,11H2,1H3/t13-/m0/s1. The Kier molecular flexibility index (Phi) is 4.72. The van der Waals surface area contributed by atoms with E-state index in [4.69, 9.17) is 16.3 Å². The first kappa shape index (κ1) is 17.8. The number of rotatable bonds is 5. The smallest absolute Gasteiger partial charge is 0.272 e. The molecule has 1 fully saturated rings. The molecular formula is C19H19ClN4O3. The van der Waals surface area contributed by atoms with Crippen LogP contribution in [0.15, 0.2) is 41.2 Å². The number of likely N-dealkylation sites (tertiary alicyclic amines) is 1. The van der Waals surface area contributed by atoms with E-state index in [2.05, 4.69) is 10.1 Å². The molecule has 27 heavy (non-hydrogen) atoms. The van der Waals surface area contributed by atoms with Crippen LogP contribution in [0.1, 0.15) is 18.0 Å². The van der Waals surface area contributed by atoms with Gasteiger partial charge in [-0.05, 0) is 12.1 Å². The number of ether oxygens (including phenoxy) is 1. The number of aromatic nitrogens is 3. The van der Waals surface area contributed by atoms with Crippen molar-refractivity contribution in [2.24, 2.45) is 0 Å². The first-order valence-corrected chi connectivity index (χ1v) is 9.08. The van der Waals surface area contributed by atoms with Crippen LogP contribution < -0.4 is 5.56 Å². The van der Waals surface area contributed by atoms with Crippen LogP contribution in [0.5, 0.6) is 0 Å². The number of hydrogen-bond acceptors (Lipinski definition) is 4. The maximum absolute atomic E-state index is 12.6. The molecule has 1 aromatic carbocycles. The third-order valence-corrected chi connectivity index (χ3v) is 5.04. The predicted octanol–water partition coefficient (Wildman–Crippen LogP) is 2.31. The summed E-state index contributed by atoms with van der Waals surface area (Å²) in [5, 5.41) is 3.68. The van der Waals surface area contributed by atoms with Crippen molar-refractivity contribution in [2.75, 3.05) is 26.8 Å². The number of nitrogens with zero attached hydrogens (tertiary/aromatic N) is 3. The van der Waals surface area contributed by atoms with Crippen molar-refractivity contribution in [3.05, 3.63) is 57.5 Å². The Hall–Kier alpha value is -2.64. The Balaban J connectivity index is 1.66. The largest absolute Gasteiger partial charge is 0.383 e. The number of carbonyl (C=O) groups excluding carboxylic acids is 1. The van der Waals surface area contributed by atoms with Gasteiger partial charge in [-0.3, -0.25) is 14.7 Å². The van der Waals surface area contributed by atoms with E-state index < -0.39 is 0 Å². The van der Waals surface area contributed by atoms with Crippen molar-refractivity contribution in [1.29, 1.82) is 0 Å². The van der Waals surface area contributed by atoms with Gasteiger partial charge in [0, 0.05) is 55.3 Å². The van der Waals surface area contributed by atoms with Gasteiger partial charge in [-0.15, -0.1) is 0 Å². The van der Waals surface area contributed by atoms with Crippen LogP contribution in [0.3, 0.4) is 0 Å². The van der Waals surface area contributed by atoms with E-state index >= 15 is 0 Å². The van der Waals surface area contributed by atoms with Crippen molar-refractivity contribution >= 4 is 23.2 Å². The third-order valence-electron chi connectivity index (χ3n) is 4.80. The van der Waals surface area contributed by atoms with Crippen LogP contribution in [-0.2, 0) is 9.53 Å². The van der Waals surface area contributed by atoms with E-state index in [1.807, 2.05) is 24.3 Å². The lowest BCUT2D eigenvalue weighted by Gasteiger charge is -2.15. The lowest BCUT2D eigenvalue weighted by Crippen LogP contribution is -2.28. The highest BCUT2D eigenvalue weighted by Gasteiger charge is 2.31. The van der Waals surface area contributed by atoms with E-state index in [-0.39, 0.29) is 17.4 Å². The second-order valence-corrected chi connectivity index (χ2v) is 7.06. The first-order valence-electron chi connectivity index (χ1n) is 8.70. The molecule has 1 N–H and O–H groups in total. The average Bonchev–Trinajstić information content (AvgIpc) is 3.24. The Morgan fingerprint density at radius 1 is 1.30 bits per heavy atom. The summed E-state index contributed by atoms with van der Waals surface area (Å²) in [6.45, 7) is 1.60. The highest BCUT2D eigenvalue weighted by molar-refractivity contribution is 6.30. The maximum Gasteiger partial charge on any atom is 0.272 e. The Bertz CT molecular complexity index is 1060. The molecule has 0 saturated carbocycles. The predicted molar refractivity (Wildman–Crippen MR) is 102 cm³/mol. The monoisotopic (exact) mass is 386 g/mol. The molecule has 140 valence electrons. The summed E-state index contributed by atoms with van der Waals surface area (Å²) < 4.78 is 6.45. The summed E-state index contributed by atoms with van der Waals surface area (Å²) in [4.78, 5) is 31.1. The van der Waals surface area contributed by atoms with Crippen LogP contribution in [-0.4, -0.2) is 52.2 Å². The van der Waals surface area contributed by atoms with Crippen LogP contribution in [0.4, 0.5) is 0 Å². The minimum absolute atomic E-state index is 0.0627. The van der Waals surface area contributed by atoms with Crippen molar-refractivity contribution in [3.63, 3.8) is 0 Å². The number of aromatic amines is 1. The fourth-order valence-corrected chi connectivity index (χ4v) is 3.60. The molecule has 1 aliphatic heterocycles. The van der Waals surface area contributed by atoms with Crippen molar-refractivity contribution in [1.82, 2.24) is 19.5 Å². The van der Waals surface area contributed by atoms with E-state index in [9.17, 15) is 9.59 Å². The molecule has 0 radical (unpaired) electrons. The molecule has 2 aromatic heterocycles. The van der Waals surface area contributed by atoms with Gasteiger partial charge in [-0.1, -0.05) is 23.7 Å². The summed E-state index contributed by atoms with van der Waals surface area (Å²) in [7, 11) is 1.61. The van der Waals surface area contributed by atoms with E-state index in [0.717, 1.165) is 11.3 Å². The molecule has 0 aliphatic carbocycles. The summed E-state index contributed by atoms with van der Waals surface area (Å²) >= 11 is 6.06. The normalized spacial score (nSPS) is 17.2. The molecule has 0 bridgehead atoms. The van der Waals surface area contributed by atoms with Crippen molar-refractivity contribution in [2.45, 2.75) is 12.3 Å². The molecule has 4 rings (SSSR count). The number of carbonyl (C=O) groups is 1. The quantitative estimate of drug-likeness (QED) is 0.729. The third kappa shape index (κ3) is 3.48. The molecule has 0 spiro atoms. The molecule has 8 heteroatoms. The highest BCUT2D eigenvalue weighted by Crippen LogP contribution is 2.27. The highest BCUT2D eigenvalue weighted by atomic mass is 35.5. The zero-order valence-electron chi connectivity index (χ0n) is 14.8. The van der Waals surface area contributed by atoms with Crippen molar-refractivity contribution < 1.29 is 9.53 Å². The van der Waals surface area contributed by atoms with Gasteiger partial charge in [0.15, 0.2) is 5.65 Å². The minimum Gasteiger partial charge on any atom is -0.383 e. The molecule has 1 atom stereocenters. The van der Waals surface area contributed by atoms with E-state index in [1.54, 1.807) is 18.1 Å². The zero-order valence-corrected chi connectivity index (χ0v) is 15.6. The molecule has 1 amide bonds. The second kappa shape index (κ2) is 7.17. The number of benzene rings is 1. The van der Waals surface area contributed by atoms with Gasteiger partial charge in [0.2, 0.25) is 5.91 Å². The zero-order chi connectivity index (χ0) is 19.0. The average molecular weight is 387 g/mol.